The topological polar surface area (TPSA) is 21.7 Å². The van der Waals surface area contributed by atoms with Crippen LogP contribution < -0.4 is 9.47 Å². The van der Waals surface area contributed by atoms with E-state index in [9.17, 15) is 0 Å². The van der Waals surface area contributed by atoms with E-state index in [0.29, 0.717) is 6.04 Å². The van der Waals surface area contributed by atoms with E-state index in [4.69, 9.17) is 9.47 Å². The van der Waals surface area contributed by atoms with Crippen molar-refractivity contribution in [1.82, 2.24) is 4.90 Å². The minimum absolute atomic E-state index is 0.465. The van der Waals surface area contributed by atoms with Crippen LogP contribution in [0.3, 0.4) is 0 Å². The number of allylic oxidation sites excluding steroid dienone is 6. The first-order valence-corrected chi connectivity index (χ1v) is 21.2. The van der Waals surface area contributed by atoms with E-state index < -0.39 is 5.79 Å². The second kappa shape index (κ2) is 25.9. The van der Waals surface area contributed by atoms with Crippen molar-refractivity contribution in [3.63, 3.8) is 0 Å². The number of nitrogens with zero attached hydrogens (tertiary/aromatic N) is 1. The van der Waals surface area contributed by atoms with Gasteiger partial charge in [0.15, 0.2) is 11.5 Å². The molecule has 0 aromatic heterocycles. The maximum Gasteiger partial charge on any atom is 0.251 e. The molecular formula is C46H77NO2. The molecular weight excluding hydrogens is 599 g/mol. The molecule has 1 aromatic carbocycles. The number of unbranched alkanes of at least 4 members (excludes halogenated alkanes) is 19. The summed E-state index contributed by atoms with van der Waals surface area (Å²) in [6, 6.07) is 5.21. The van der Waals surface area contributed by atoms with Crippen LogP contribution in [0, 0.1) is 0 Å². The number of fused-ring (bicyclic) bond motifs is 2. The predicted molar refractivity (Wildman–Crippen MR) is 214 cm³/mol. The molecule has 0 radical (unpaired) electrons. The Morgan fingerprint density at radius 1 is 0.531 bits per heavy atom. The minimum atomic E-state index is -0.465. The summed E-state index contributed by atoms with van der Waals surface area (Å²) in [6.45, 7) is 4.56. The molecule has 2 aliphatic rings. The molecule has 3 nitrogen and oxygen atoms in total. The van der Waals surface area contributed by atoms with Crippen molar-refractivity contribution >= 4 is 0 Å². The Morgan fingerprint density at radius 3 is 1.35 bits per heavy atom. The van der Waals surface area contributed by atoms with Crippen molar-refractivity contribution in [2.24, 2.45) is 0 Å². The molecule has 0 saturated heterocycles. The molecule has 0 saturated carbocycles. The Bertz CT molecular complexity index is 1030. The van der Waals surface area contributed by atoms with Gasteiger partial charge in [0.2, 0.25) is 0 Å². The van der Waals surface area contributed by atoms with Crippen LogP contribution >= 0.6 is 0 Å². The second-order valence-corrected chi connectivity index (χ2v) is 15.5. The van der Waals surface area contributed by atoms with Crippen molar-refractivity contribution in [2.45, 2.75) is 205 Å². The van der Waals surface area contributed by atoms with Crippen LogP contribution in [0.4, 0.5) is 0 Å². The fourth-order valence-electron chi connectivity index (χ4n) is 7.55. The highest BCUT2D eigenvalue weighted by Crippen LogP contribution is 2.46. The van der Waals surface area contributed by atoms with Gasteiger partial charge in [0.25, 0.3) is 5.79 Å². The van der Waals surface area contributed by atoms with E-state index in [-0.39, 0.29) is 0 Å². The van der Waals surface area contributed by atoms with Crippen LogP contribution in [0.15, 0.2) is 48.6 Å². The van der Waals surface area contributed by atoms with Crippen LogP contribution in [-0.2, 0) is 12.8 Å². The summed E-state index contributed by atoms with van der Waals surface area (Å²) in [5.41, 5.74) is 2.91. The first-order valence-electron chi connectivity index (χ1n) is 21.2. The van der Waals surface area contributed by atoms with Gasteiger partial charge in [0.1, 0.15) is 0 Å². The van der Waals surface area contributed by atoms with Gasteiger partial charge in [-0.05, 0) is 121 Å². The van der Waals surface area contributed by atoms with E-state index in [0.717, 1.165) is 43.6 Å². The maximum atomic E-state index is 6.80. The fraction of sp³-hybridized carbons (Fsp3) is 0.739. The molecule has 0 N–H and O–H groups in total. The summed E-state index contributed by atoms with van der Waals surface area (Å²) >= 11 is 0. The lowest BCUT2D eigenvalue weighted by Gasteiger charge is -2.28. The van der Waals surface area contributed by atoms with E-state index in [1.807, 2.05) is 0 Å². The molecule has 1 aromatic rings. The van der Waals surface area contributed by atoms with Gasteiger partial charge in [-0.3, -0.25) is 0 Å². The summed E-state index contributed by atoms with van der Waals surface area (Å²) in [5, 5.41) is 0. The van der Waals surface area contributed by atoms with E-state index >= 15 is 0 Å². The van der Waals surface area contributed by atoms with Gasteiger partial charge < -0.3 is 14.4 Å². The maximum absolute atomic E-state index is 6.80. The highest BCUT2D eigenvalue weighted by atomic mass is 16.7. The minimum Gasteiger partial charge on any atom is -0.448 e. The van der Waals surface area contributed by atoms with Gasteiger partial charge in [-0.15, -0.1) is 0 Å². The molecule has 1 aliphatic carbocycles. The first-order chi connectivity index (χ1) is 24.1. The van der Waals surface area contributed by atoms with Crippen LogP contribution in [0.5, 0.6) is 11.5 Å². The van der Waals surface area contributed by atoms with E-state index in [2.05, 4.69) is 81.4 Å². The highest BCUT2D eigenvalue weighted by molar-refractivity contribution is 5.52. The van der Waals surface area contributed by atoms with E-state index in [1.54, 1.807) is 0 Å². The Labute approximate surface area is 304 Å². The van der Waals surface area contributed by atoms with Crippen molar-refractivity contribution in [3.05, 3.63) is 59.7 Å². The molecule has 0 atom stereocenters. The quantitative estimate of drug-likeness (QED) is 0.0598. The summed E-state index contributed by atoms with van der Waals surface area (Å²) in [7, 11) is 4.39. The van der Waals surface area contributed by atoms with Crippen LogP contribution in [0.25, 0.3) is 0 Å². The third kappa shape index (κ3) is 17.2. The molecule has 278 valence electrons. The lowest BCUT2D eigenvalue weighted by atomic mass is 9.98. The van der Waals surface area contributed by atoms with Gasteiger partial charge in [-0.2, -0.15) is 0 Å². The Balaban J connectivity index is 1.33. The van der Waals surface area contributed by atoms with Crippen LogP contribution in [0.2, 0.25) is 0 Å². The third-order valence-corrected chi connectivity index (χ3v) is 10.8. The van der Waals surface area contributed by atoms with Crippen molar-refractivity contribution in [3.8, 4) is 11.5 Å². The summed E-state index contributed by atoms with van der Waals surface area (Å²) in [4.78, 5) is 2.36. The Hall–Kier alpha value is -2.00. The number of hydrogen-bond acceptors (Lipinski definition) is 3. The Kier molecular flexibility index (Phi) is 21.9. The molecule has 0 fully saturated rings. The number of likely N-dealkylation sites (N-methyl/N-ethyl adjacent to an activating group) is 1. The SMILES string of the molecule is CCCCC/C=C\C/C=C\CCCCCCCCC1(CCCCCCC/C=C/CCCCCCC)Oc2cc3c(cc2O1)CC(N(C)C)C3. The normalized spacial score (nSPS) is 15.6. The molecule has 0 amide bonds. The van der Waals surface area contributed by atoms with Crippen molar-refractivity contribution in [2.75, 3.05) is 14.1 Å². The van der Waals surface area contributed by atoms with Crippen molar-refractivity contribution in [1.29, 1.82) is 0 Å². The lowest BCUT2D eigenvalue weighted by Crippen LogP contribution is -2.38. The first kappa shape index (κ1) is 41.4. The number of benzene rings is 1. The molecule has 0 spiro atoms. The van der Waals surface area contributed by atoms with Gasteiger partial charge in [0.05, 0.1) is 0 Å². The molecule has 0 unspecified atom stereocenters. The molecule has 1 aliphatic heterocycles. The largest absolute Gasteiger partial charge is 0.448 e. The standard InChI is InChI=1S/C46H77NO2/c1-5-7-9-11-13-15-17-19-21-22-24-26-28-30-32-34-36-46(35-33-31-29-27-25-23-20-18-16-14-12-10-8-6-2)48-44-39-41-37-43(47(3)4)38-42(41)40-45(44)49-46/h13,15,18-21,39-40,43H,5-12,14,16-17,22-38H2,1-4H3/b15-13-,20-18+,21-19-. The smallest absolute Gasteiger partial charge is 0.251 e. The highest BCUT2D eigenvalue weighted by Gasteiger charge is 2.41. The zero-order chi connectivity index (χ0) is 34.8. The molecule has 3 heteroatoms. The van der Waals surface area contributed by atoms with Crippen molar-refractivity contribution < 1.29 is 9.47 Å². The average Bonchev–Trinajstić information content (AvgIpc) is 3.67. The Morgan fingerprint density at radius 2 is 0.898 bits per heavy atom. The number of ether oxygens (including phenoxy) is 2. The monoisotopic (exact) mass is 676 g/mol. The third-order valence-electron chi connectivity index (χ3n) is 10.8. The van der Waals surface area contributed by atoms with Gasteiger partial charge in [-0.1, -0.05) is 134 Å². The van der Waals surface area contributed by atoms with Gasteiger partial charge >= 0.3 is 0 Å². The second-order valence-electron chi connectivity index (χ2n) is 15.5. The summed E-state index contributed by atoms with van der Waals surface area (Å²) in [5.74, 6) is 1.53. The zero-order valence-electron chi connectivity index (χ0n) is 32.8. The van der Waals surface area contributed by atoms with Gasteiger partial charge in [-0.25, -0.2) is 0 Å². The van der Waals surface area contributed by atoms with Crippen LogP contribution in [0.1, 0.15) is 192 Å². The number of hydrogen-bond donors (Lipinski definition) is 0. The molecule has 49 heavy (non-hydrogen) atoms. The fourth-order valence-corrected chi connectivity index (χ4v) is 7.55. The van der Waals surface area contributed by atoms with Crippen LogP contribution in [-0.4, -0.2) is 30.8 Å². The summed E-state index contributed by atoms with van der Waals surface area (Å²) in [6.07, 6.45) is 49.7. The molecule has 1 heterocycles. The summed E-state index contributed by atoms with van der Waals surface area (Å²) < 4.78 is 13.6. The average molecular weight is 676 g/mol. The van der Waals surface area contributed by atoms with Gasteiger partial charge in [0, 0.05) is 18.9 Å². The zero-order valence-corrected chi connectivity index (χ0v) is 32.8. The number of rotatable bonds is 30. The molecule has 0 bridgehead atoms. The lowest BCUT2D eigenvalue weighted by molar-refractivity contribution is -0.0949. The van der Waals surface area contributed by atoms with E-state index in [1.165, 1.54) is 159 Å². The predicted octanol–water partition coefficient (Wildman–Crippen LogP) is 14.0. The molecule has 3 rings (SSSR count).